The van der Waals surface area contributed by atoms with Crippen molar-refractivity contribution >= 4 is 15.8 Å². The molecule has 0 aromatic heterocycles. The summed E-state index contributed by atoms with van der Waals surface area (Å²) in [4.78, 5) is 11.6. The van der Waals surface area contributed by atoms with Crippen LogP contribution in [0.4, 0.5) is 0 Å². The zero-order valence-corrected chi connectivity index (χ0v) is 12.5. The van der Waals surface area contributed by atoms with Crippen LogP contribution >= 0.6 is 0 Å². The zero-order valence-electron chi connectivity index (χ0n) is 11.7. The van der Waals surface area contributed by atoms with Crippen LogP contribution in [0.25, 0.3) is 0 Å². The second kappa shape index (κ2) is 7.42. The molecule has 2 rings (SSSR count). The van der Waals surface area contributed by atoms with Gasteiger partial charge >= 0.3 is 5.97 Å². The van der Waals surface area contributed by atoms with Crippen LogP contribution in [-0.4, -0.2) is 51.7 Å². The van der Waals surface area contributed by atoms with Crippen molar-refractivity contribution < 1.29 is 22.7 Å². The third kappa shape index (κ3) is 5.73. The molecule has 1 heterocycles. The Morgan fingerprint density at radius 2 is 2.00 bits per heavy atom. The maximum atomic E-state index is 11.6. The Kier molecular flexibility index (Phi) is 5.58. The van der Waals surface area contributed by atoms with E-state index in [0.717, 1.165) is 0 Å². The molecule has 1 unspecified atom stereocenters. The summed E-state index contributed by atoms with van der Waals surface area (Å²) in [7, 11) is -3.03. The fourth-order valence-corrected chi connectivity index (χ4v) is 3.53. The second-order valence-electron chi connectivity index (χ2n) is 4.85. The number of sulfone groups is 1. The van der Waals surface area contributed by atoms with Crippen LogP contribution in [0, 0.1) is 0 Å². The highest BCUT2D eigenvalue weighted by atomic mass is 32.2. The average molecular weight is 313 g/mol. The molecule has 1 aromatic carbocycles. The number of ether oxygens (including phenoxy) is 2. The number of nitrogens with one attached hydrogen (secondary N) is 1. The van der Waals surface area contributed by atoms with Gasteiger partial charge in [-0.15, -0.1) is 0 Å². The minimum absolute atomic E-state index is 0.0113. The first-order valence-electron chi connectivity index (χ1n) is 6.82. The van der Waals surface area contributed by atoms with E-state index in [9.17, 15) is 13.2 Å². The Morgan fingerprint density at radius 3 is 2.71 bits per heavy atom. The lowest BCUT2D eigenvalue weighted by atomic mass is 10.2. The fraction of sp³-hybridized carbons (Fsp3) is 0.500. The van der Waals surface area contributed by atoms with E-state index in [-0.39, 0.29) is 37.2 Å². The molecule has 0 amide bonds. The molecule has 1 aliphatic rings. The van der Waals surface area contributed by atoms with Gasteiger partial charge in [0.2, 0.25) is 0 Å². The van der Waals surface area contributed by atoms with Crippen LogP contribution in [-0.2, 0) is 19.4 Å². The molecule has 21 heavy (non-hydrogen) atoms. The quantitative estimate of drug-likeness (QED) is 0.604. The van der Waals surface area contributed by atoms with Gasteiger partial charge in [0.25, 0.3) is 0 Å². The van der Waals surface area contributed by atoms with Crippen molar-refractivity contribution in [2.75, 3.05) is 31.3 Å². The largest absolute Gasteiger partial charge is 0.490 e. The Hall–Kier alpha value is -1.60. The van der Waals surface area contributed by atoms with Crippen molar-refractivity contribution in [2.45, 2.75) is 12.5 Å². The second-order valence-corrected chi connectivity index (χ2v) is 7.08. The molecule has 6 nitrogen and oxygen atoms in total. The van der Waals surface area contributed by atoms with E-state index in [4.69, 9.17) is 9.47 Å². The number of carbonyl (C=O) groups excluding carboxylic acids is 1. The Balaban J connectivity index is 1.64. The van der Waals surface area contributed by atoms with E-state index in [0.29, 0.717) is 12.3 Å². The van der Waals surface area contributed by atoms with Crippen molar-refractivity contribution in [2.24, 2.45) is 0 Å². The van der Waals surface area contributed by atoms with Gasteiger partial charge in [-0.1, -0.05) is 18.2 Å². The van der Waals surface area contributed by atoms with E-state index in [1.54, 1.807) is 0 Å². The number of para-hydroxylation sites is 1. The van der Waals surface area contributed by atoms with Gasteiger partial charge in [-0.3, -0.25) is 4.79 Å². The number of hydrogen-bond acceptors (Lipinski definition) is 6. The van der Waals surface area contributed by atoms with Crippen molar-refractivity contribution in [3.63, 3.8) is 0 Å². The lowest BCUT2D eigenvalue weighted by molar-refractivity contribution is -0.144. The van der Waals surface area contributed by atoms with Gasteiger partial charge in [-0.2, -0.15) is 0 Å². The first-order valence-corrected chi connectivity index (χ1v) is 8.64. The average Bonchev–Trinajstić information content (AvgIpc) is 2.44. The maximum absolute atomic E-state index is 11.6. The summed E-state index contributed by atoms with van der Waals surface area (Å²) < 4.78 is 33.3. The predicted molar refractivity (Wildman–Crippen MR) is 78.0 cm³/mol. The topological polar surface area (TPSA) is 81.7 Å². The van der Waals surface area contributed by atoms with Gasteiger partial charge in [-0.25, -0.2) is 8.42 Å². The van der Waals surface area contributed by atoms with Crippen LogP contribution < -0.4 is 10.1 Å². The highest BCUT2D eigenvalue weighted by molar-refractivity contribution is 7.91. The van der Waals surface area contributed by atoms with Crippen molar-refractivity contribution in [1.82, 2.24) is 5.32 Å². The van der Waals surface area contributed by atoms with Crippen LogP contribution in [0.15, 0.2) is 30.3 Å². The Morgan fingerprint density at radius 1 is 1.24 bits per heavy atom. The number of rotatable bonds is 6. The van der Waals surface area contributed by atoms with Crippen LogP contribution in [0.2, 0.25) is 0 Å². The summed E-state index contributed by atoms with van der Waals surface area (Å²) in [5.41, 5.74) is 0. The molecule has 0 spiro atoms. The number of carbonyl (C=O) groups is 1. The van der Waals surface area contributed by atoms with Crippen LogP contribution in [0.3, 0.4) is 0 Å². The molecule has 1 saturated heterocycles. The molecule has 0 saturated carbocycles. The van der Waals surface area contributed by atoms with Gasteiger partial charge in [-0.05, 0) is 12.1 Å². The molecular weight excluding hydrogens is 294 g/mol. The number of esters is 1. The van der Waals surface area contributed by atoms with Gasteiger partial charge in [0, 0.05) is 12.6 Å². The minimum Gasteiger partial charge on any atom is -0.490 e. The molecule has 1 fully saturated rings. The third-order valence-electron chi connectivity index (χ3n) is 3.07. The number of benzene rings is 1. The highest BCUT2D eigenvalue weighted by Gasteiger charge is 2.26. The Labute approximate surface area is 124 Å². The summed E-state index contributed by atoms with van der Waals surface area (Å²) >= 11 is 0. The fourth-order valence-electron chi connectivity index (χ4n) is 2.09. The van der Waals surface area contributed by atoms with E-state index >= 15 is 0 Å². The normalized spacial score (nSPS) is 20.7. The summed E-state index contributed by atoms with van der Waals surface area (Å²) in [6.07, 6.45) is 0.0601. The van der Waals surface area contributed by atoms with Crippen molar-refractivity contribution in [1.29, 1.82) is 0 Å². The summed E-state index contributed by atoms with van der Waals surface area (Å²) in [5.74, 6) is 0.418. The van der Waals surface area contributed by atoms with E-state index in [1.165, 1.54) is 0 Å². The van der Waals surface area contributed by atoms with Gasteiger partial charge in [0.15, 0.2) is 9.84 Å². The van der Waals surface area contributed by atoms with Crippen molar-refractivity contribution in [3.8, 4) is 5.75 Å². The molecule has 1 aliphatic heterocycles. The maximum Gasteiger partial charge on any atom is 0.307 e. The predicted octanol–water partition coefficient (Wildman–Crippen LogP) is 0.385. The zero-order chi connectivity index (χ0) is 15.1. The lowest BCUT2D eigenvalue weighted by Gasteiger charge is -2.22. The molecule has 0 bridgehead atoms. The Bertz CT molecular complexity index is 558. The van der Waals surface area contributed by atoms with E-state index in [1.807, 2.05) is 30.3 Å². The molecule has 0 radical (unpaired) electrons. The molecule has 7 heteroatoms. The third-order valence-corrected chi connectivity index (χ3v) is 4.81. The van der Waals surface area contributed by atoms with Crippen LogP contribution in [0.1, 0.15) is 6.42 Å². The summed E-state index contributed by atoms with van der Waals surface area (Å²) in [6.45, 7) is 0.802. The standard InChI is InChI=1S/C14H19NO5S/c16-14(10-12-11-21(17,18)9-6-15-12)20-8-7-19-13-4-2-1-3-5-13/h1-5,12,15H,6-11H2. The first kappa shape index (κ1) is 15.8. The molecule has 116 valence electrons. The van der Waals surface area contributed by atoms with Gasteiger partial charge in [0.1, 0.15) is 19.0 Å². The SMILES string of the molecule is O=C(CC1CS(=O)(=O)CCN1)OCCOc1ccccc1. The monoisotopic (exact) mass is 313 g/mol. The molecule has 0 aliphatic carbocycles. The molecule has 1 aromatic rings. The smallest absolute Gasteiger partial charge is 0.307 e. The molecule has 1 N–H and O–H groups in total. The minimum atomic E-state index is -3.03. The van der Waals surface area contributed by atoms with Gasteiger partial charge < -0.3 is 14.8 Å². The van der Waals surface area contributed by atoms with E-state index < -0.39 is 15.8 Å². The van der Waals surface area contributed by atoms with Gasteiger partial charge in [0.05, 0.1) is 17.9 Å². The summed E-state index contributed by atoms with van der Waals surface area (Å²) in [5, 5.41) is 3.01. The van der Waals surface area contributed by atoms with Crippen molar-refractivity contribution in [3.05, 3.63) is 30.3 Å². The molecule has 1 atom stereocenters. The first-order chi connectivity index (χ1) is 10.1. The highest BCUT2D eigenvalue weighted by Crippen LogP contribution is 2.08. The summed E-state index contributed by atoms with van der Waals surface area (Å²) in [6, 6.07) is 8.88. The lowest BCUT2D eigenvalue weighted by Crippen LogP contribution is -2.46. The van der Waals surface area contributed by atoms with E-state index in [2.05, 4.69) is 5.32 Å². The van der Waals surface area contributed by atoms with Crippen LogP contribution in [0.5, 0.6) is 5.75 Å². The molecular formula is C14H19NO5S. The number of hydrogen-bond donors (Lipinski definition) is 1.